The first kappa shape index (κ1) is 14.5. The van der Waals surface area contributed by atoms with Gasteiger partial charge in [-0.3, -0.25) is 10.8 Å². The van der Waals surface area contributed by atoms with Crippen molar-refractivity contribution in [3.63, 3.8) is 0 Å². The molecule has 0 radical (unpaired) electrons. The zero-order valence-electron chi connectivity index (χ0n) is 12.0. The van der Waals surface area contributed by atoms with E-state index in [1.54, 1.807) is 6.20 Å². The maximum absolute atomic E-state index is 5.71. The average Bonchev–Trinajstić information content (AvgIpc) is 2.48. The fraction of sp³-hybridized carbons (Fsp3) is 0.312. The normalized spacial score (nSPS) is 12.2. The Bertz CT molecular complexity index is 540. The van der Waals surface area contributed by atoms with E-state index in [9.17, 15) is 0 Å². The topological polar surface area (TPSA) is 60.2 Å². The second-order valence-electron chi connectivity index (χ2n) is 4.81. The number of aryl methyl sites for hydroxylation is 1. The number of hydrogen-bond donors (Lipinski definition) is 2. The van der Waals surface area contributed by atoms with E-state index in [1.807, 2.05) is 12.3 Å². The minimum atomic E-state index is -0.0896. The van der Waals surface area contributed by atoms with Crippen LogP contribution in [0.25, 0.3) is 0 Å². The van der Waals surface area contributed by atoms with E-state index < -0.39 is 0 Å². The van der Waals surface area contributed by atoms with Crippen LogP contribution in [0.3, 0.4) is 0 Å². The second kappa shape index (κ2) is 7.03. The number of nitrogens with zero attached hydrogens (tertiary/aromatic N) is 1. The molecule has 0 saturated heterocycles. The van der Waals surface area contributed by atoms with Crippen LogP contribution >= 0.6 is 0 Å². The summed E-state index contributed by atoms with van der Waals surface area (Å²) < 4.78 is 5.61. The third kappa shape index (κ3) is 3.56. The molecule has 4 heteroatoms. The molecule has 2 rings (SSSR count). The van der Waals surface area contributed by atoms with Crippen molar-refractivity contribution in [2.24, 2.45) is 5.84 Å². The van der Waals surface area contributed by atoms with Crippen LogP contribution in [0.1, 0.15) is 36.1 Å². The minimum absolute atomic E-state index is 0.0896. The summed E-state index contributed by atoms with van der Waals surface area (Å²) in [6, 6.07) is 10.2. The second-order valence-corrected chi connectivity index (χ2v) is 4.81. The molecule has 2 aromatic rings. The number of hydrogen-bond acceptors (Lipinski definition) is 4. The van der Waals surface area contributed by atoms with Gasteiger partial charge in [0.2, 0.25) is 0 Å². The first-order chi connectivity index (χ1) is 9.74. The predicted octanol–water partition coefficient (Wildman–Crippen LogP) is 2.73. The number of ether oxygens (including phenoxy) is 1. The highest BCUT2D eigenvalue weighted by Gasteiger charge is 2.13. The number of hydrazine groups is 1. The number of pyridine rings is 1. The third-order valence-electron chi connectivity index (χ3n) is 3.12. The molecule has 0 fully saturated rings. The molecule has 0 aliphatic heterocycles. The highest BCUT2D eigenvalue weighted by Crippen LogP contribution is 2.24. The van der Waals surface area contributed by atoms with Crippen LogP contribution in [0.4, 0.5) is 0 Å². The summed E-state index contributed by atoms with van der Waals surface area (Å²) in [6.07, 6.45) is 4.51. The lowest BCUT2D eigenvalue weighted by molar-refractivity contribution is 0.315. The number of nitrogens with one attached hydrogen (secondary N) is 1. The van der Waals surface area contributed by atoms with Gasteiger partial charge in [0.25, 0.3) is 0 Å². The van der Waals surface area contributed by atoms with Crippen LogP contribution in [0, 0.1) is 6.92 Å². The molecule has 1 unspecified atom stereocenters. The Morgan fingerprint density at radius 3 is 2.60 bits per heavy atom. The summed E-state index contributed by atoms with van der Waals surface area (Å²) in [4.78, 5) is 4.23. The van der Waals surface area contributed by atoms with E-state index >= 15 is 0 Å². The zero-order chi connectivity index (χ0) is 14.4. The fourth-order valence-corrected chi connectivity index (χ4v) is 2.04. The molecule has 20 heavy (non-hydrogen) atoms. The van der Waals surface area contributed by atoms with Gasteiger partial charge in [-0.15, -0.1) is 0 Å². The van der Waals surface area contributed by atoms with Crippen LogP contribution in [0.15, 0.2) is 42.7 Å². The SMILES string of the molecule is CCCOc1cncc(C(NN)c2ccc(C)cc2)c1. The van der Waals surface area contributed by atoms with Gasteiger partial charge in [0.05, 0.1) is 18.8 Å². The largest absolute Gasteiger partial charge is 0.492 e. The van der Waals surface area contributed by atoms with Crippen molar-refractivity contribution in [3.05, 3.63) is 59.4 Å². The predicted molar refractivity (Wildman–Crippen MR) is 80.4 cm³/mol. The van der Waals surface area contributed by atoms with Gasteiger partial charge in [0, 0.05) is 6.20 Å². The molecule has 1 atom stereocenters. The smallest absolute Gasteiger partial charge is 0.137 e. The van der Waals surface area contributed by atoms with E-state index in [4.69, 9.17) is 10.6 Å². The summed E-state index contributed by atoms with van der Waals surface area (Å²) in [5.41, 5.74) is 6.16. The first-order valence-electron chi connectivity index (χ1n) is 6.85. The third-order valence-corrected chi connectivity index (χ3v) is 3.12. The van der Waals surface area contributed by atoms with Gasteiger partial charge < -0.3 is 4.74 Å². The standard InChI is InChI=1S/C16H21N3O/c1-3-8-20-15-9-14(10-18-11-15)16(19-17)13-6-4-12(2)5-7-13/h4-7,9-11,16,19H,3,8,17H2,1-2H3. The van der Waals surface area contributed by atoms with Crippen LogP contribution in [-0.4, -0.2) is 11.6 Å². The van der Waals surface area contributed by atoms with E-state index in [0.717, 1.165) is 23.3 Å². The van der Waals surface area contributed by atoms with Gasteiger partial charge in [-0.05, 0) is 30.5 Å². The van der Waals surface area contributed by atoms with Gasteiger partial charge in [-0.25, -0.2) is 5.43 Å². The molecular weight excluding hydrogens is 250 g/mol. The number of nitrogens with two attached hydrogens (primary N) is 1. The molecule has 3 N–H and O–H groups in total. The van der Waals surface area contributed by atoms with Crippen molar-refractivity contribution in [2.75, 3.05) is 6.61 Å². The molecule has 1 heterocycles. The van der Waals surface area contributed by atoms with Crippen LogP contribution in [0.2, 0.25) is 0 Å². The first-order valence-corrected chi connectivity index (χ1v) is 6.85. The molecule has 0 aliphatic rings. The molecule has 4 nitrogen and oxygen atoms in total. The molecule has 0 aliphatic carbocycles. The lowest BCUT2D eigenvalue weighted by atomic mass is 10.00. The van der Waals surface area contributed by atoms with E-state index in [1.165, 1.54) is 5.56 Å². The molecule has 0 amide bonds. The highest BCUT2D eigenvalue weighted by atomic mass is 16.5. The molecule has 1 aromatic heterocycles. The molecule has 0 saturated carbocycles. The summed E-state index contributed by atoms with van der Waals surface area (Å²) in [5.74, 6) is 6.48. The molecule has 0 bridgehead atoms. The Labute approximate surface area is 120 Å². The maximum Gasteiger partial charge on any atom is 0.137 e. The molecule has 1 aromatic carbocycles. The Morgan fingerprint density at radius 2 is 1.95 bits per heavy atom. The van der Waals surface area contributed by atoms with Gasteiger partial charge in [-0.2, -0.15) is 0 Å². The van der Waals surface area contributed by atoms with Gasteiger partial charge >= 0.3 is 0 Å². The zero-order valence-corrected chi connectivity index (χ0v) is 12.0. The molecule has 0 spiro atoms. The van der Waals surface area contributed by atoms with Crippen LogP contribution < -0.4 is 16.0 Å². The lowest BCUT2D eigenvalue weighted by Gasteiger charge is -2.17. The summed E-state index contributed by atoms with van der Waals surface area (Å²) in [6.45, 7) is 4.83. The monoisotopic (exact) mass is 271 g/mol. The lowest BCUT2D eigenvalue weighted by Crippen LogP contribution is -2.28. The van der Waals surface area contributed by atoms with E-state index in [2.05, 4.69) is 48.5 Å². The summed E-state index contributed by atoms with van der Waals surface area (Å²) in [7, 11) is 0. The number of benzene rings is 1. The van der Waals surface area contributed by atoms with E-state index in [0.29, 0.717) is 6.61 Å². The van der Waals surface area contributed by atoms with Gasteiger partial charge in [-0.1, -0.05) is 36.8 Å². The Hall–Kier alpha value is -1.91. The Kier molecular flexibility index (Phi) is 5.09. The fourth-order valence-electron chi connectivity index (χ4n) is 2.04. The van der Waals surface area contributed by atoms with Crippen molar-refractivity contribution in [1.29, 1.82) is 0 Å². The Balaban J connectivity index is 2.24. The van der Waals surface area contributed by atoms with Crippen molar-refractivity contribution in [3.8, 4) is 5.75 Å². The number of aromatic nitrogens is 1. The van der Waals surface area contributed by atoms with Crippen molar-refractivity contribution in [2.45, 2.75) is 26.3 Å². The highest BCUT2D eigenvalue weighted by molar-refractivity contribution is 5.35. The quantitative estimate of drug-likeness (QED) is 0.626. The minimum Gasteiger partial charge on any atom is -0.492 e. The number of rotatable bonds is 6. The van der Waals surface area contributed by atoms with Crippen molar-refractivity contribution < 1.29 is 4.74 Å². The maximum atomic E-state index is 5.71. The van der Waals surface area contributed by atoms with Crippen molar-refractivity contribution >= 4 is 0 Å². The molecule has 106 valence electrons. The summed E-state index contributed by atoms with van der Waals surface area (Å²) >= 11 is 0. The van der Waals surface area contributed by atoms with E-state index in [-0.39, 0.29) is 6.04 Å². The molecular formula is C16H21N3O. The summed E-state index contributed by atoms with van der Waals surface area (Å²) in [5, 5.41) is 0. The van der Waals surface area contributed by atoms with Crippen LogP contribution in [-0.2, 0) is 0 Å². The average molecular weight is 271 g/mol. The van der Waals surface area contributed by atoms with Crippen molar-refractivity contribution in [1.82, 2.24) is 10.4 Å². The Morgan fingerprint density at radius 1 is 1.20 bits per heavy atom. The van der Waals surface area contributed by atoms with Gasteiger partial charge in [0.15, 0.2) is 0 Å². The van der Waals surface area contributed by atoms with Crippen LogP contribution in [0.5, 0.6) is 5.75 Å². The van der Waals surface area contributed by atoms with Gasteiger partial charge in [0.1, 0.15) is 5.75 Å².